The number of anilines is 1. The molecule has 0 aliphatic carbocycles. The lowest BCUT2D eigenvalue weighted by Crippen LogP contribution is -2.25. The van der Waals surface area contributed by atoms with E-state index >= 15 is 0 Å². The molecule has 0 saturated heterocycles. The van der Waals surface area contributed by atoms with Crippen molar-refractivity contribution in [3.8, 4) is 0 Å². The zero-order valence-electron chi connectivity index (χ0n) is 16.1. The number of aromatic carboxylic acids is 1. The van der Waals surface area contributed by atoms with Crippen LogP contribution < -0.4 is 4.90 Å². The maximum absolute atomic E-state index is 13.3. The molecule has 0 saturated carbocycles. The molecule has 1 amide bonds. The fourth-order valence-corrected chi connectivity index (χ4v) is 3.34. The Morgan fingerprint density at radius 3 is 2.32 bits per heavy atom. The normalized spacial score (nSPS) is 14.6. The van der Waals surface area contributed by atoms with Gasteiger partial charge in [0.15, 0.2) is 0 Å². The highest BCUT2D eigenvalue weighted by molar-refractivity contribution is 6.23. The van der Waals surface area contributed by atoms with E-state index in [1.807, 2.05) is 30.3 Å². The molecule has 1 heterocycles. The summed E-state index contributed by atoms with van der Waals surface area (Å²) in [6.07, 6.45) is 3.38. The number of nitrogens with zero attached hydrogens (tertiary/aromatic N) is 2. The molecule has 31 heavy (non-hydrogen) atoms. The lowest BCUT2D eigenvalue weighted by atomic mass is 10.1. The van der Waals surface area contributed by atoms with Gasteiger partial charge in [0.2, 0.25) is 0 Å². The second-order valence-corrected chi connectivity index (χ2v) is 6.84. The molecule has 152 valence electrons. The Balaban J connectivity index is 1.79. The van der Waals surface area contributed by atoms with Crippen LogP contribution in [0.3, 0.4) is 0 Å². The average Bonchev–Trinajstić information content (AvgIpc) is 3.10. The first kappa shape index (κ1) is 19.8. The van der Waals surface area contributed by atoms with Crippen molar-refractivity contribution in [1.82, 2.24) is 0 Å². The summed E-state index contributed by atoms with van der Waals surface area (Å²) in [7, 11) is 0. The van der Waals surface area contributed by atoms with Gasteiger partial charge in [-0.1, -0.05) is 36.4 Å². The summed E-state index contributed by atoms with van der Waals surface area (Å²) in [6.45, 7) is 0. The van der Waals surface area contributed by atoms with Crippen molar-refractivity contribution >= 4 is 35.0 Å². The zero-order chi connectivity index (χ0) is 22.0. The summed E-state index contributed by atoms with van der Waals surface area (Å²) in [5, 5.41) is 20.2. The van der Waals surface area contributed by atoms with Crippen molar-refractivity contribution in [3.63, 3.8) is 0 Å². The minimum atomic E-state index is -1.08. The lowest BCUT2D eigenvalue weighted by Gasteiger charge is -2.21. The molecule has 0 fully saturated rings. The fourth-order valence-electron chi connectivity index (χ4n) is 3.34. The van der Waals surface area contributed by atoms with Gasteiger partial charge in [-0.15, -0.1) is 0 Å². The molecule has 3 aromatic carbocycles. The molecule has 0 spiro atoms. The van der Waals surface area contributed by atoms with Crippen molar-refractivity contribution in [2.45, 2.75) is 0 Å². The van der Waals surface area contributed by atoms with Gasteiger partial charge in [0.1, 0.15) is 0 Å². The van der Waals surface area contributed by atoms with Crippen molar-refractivity contribution in [1.29, 1.82) is 0 Å². The molecule has 3 aromatic rings. The predicted molar refractivity (Wildman–Crippen MR) is 116 cm³/mol. The zero-order valence-corrected chi connectivity index (χ0v) is 16.1. The van der Waals surface area contributed by atoms with Gasteiger partial charge in [0.05, 0.1) is 21.9 Å². The van der Waals surface area contributed by atoms with Gasteiger partial charge in [0, 0.05) is 17.7 Å². The Morgan fingerprint density at radius 2 is 1.68 bits per heavy atom. The number of carboxylic acids is 1. The highest BCUT2D eigenvalue weighted by atomic mass is 16.6. The van der Waals surface area contributed by atoms with Gasteiger partial charge < -0.3 is 5.11 Å². The molecule has 0 radical (unpaired) electrons. The van der Waals surface area contributed by atoms with Crippen molar-refractivity contribution in [3.05, 3.63) is 117 Å². The predicted octanol–water partition coefficient (Wildman–Crippen LogP) is 4.76. The number of nitro benzene ring substituents is 1. The number of nitro groups is 1. The van der Waals surface area contributed by atoms with Crippen LogP contribution in [0.25, 0.3) is 11.8 Å². The Hall–Kier alpha value is -4.52. The molecule has 1 aliphatic rings. The smallest absolute Gasteiger partial charge is 0.335 e. The summed E-state index contributed by atoms with van der Waals surface area (Å²) < 4.78 is 0. The van der Waals surface area contributed by atoms with Gasteiger partial charge in [0.25, 0.3) is 11.6 Å². The molecular formula is C24H16N2O5. The van der Waals surface area contributed by atoms with Crippen molar-refractivity contribution in [2.75, 3.05) is 4.90 Å². The second-order valence-electron chi connectivity index (χ2n) is 6.84. The van der Waals surface area contributed by atoms with Crippen LogP contribution >= 0.6 is 0 Å². The summed E-state index contributed by atoms with van der Waals surface area (Å²) in [5.74, 6) is -1.40. The number of rotatable bonds is 5. The molecule has 0 aromatic heterocycles. The number of amides is 1. The van der Waals surface area contributed by atoms with E-state index in [2.05, 4.69) is 0 Å². The van der Waals surface area contributed by atoms with Crippen LogP contribution in [0.15, 0.2) is 90.5 Å². The van der Waals surface area contributed by atoms with Gasteiger partial charge in [-0.05, 0) is 53.6 Å². The Morgan fingerprint density at radius 1 is 0.968 bits per heavy atom. The SMILES string of the molecule is O=C(O)c1cccc(N2C(=O)C(=Cc3ccc([N+](=O)[O-])cc3)C=C2c2ccccc2)c1. The summed E-state index contributed by atoms with van der Waals surface area (Å²) >= 11 is 0. The van der Waals surface area contributed by atoms with Gasteiger partial charge in [-0.25, -0.2) is 4.79 Å². The summed E-state index contributed by atoms with van der Waals surface area (Å²) in [4.78, 5) is 36.6. The Bertz CT molecular complexity index is 1240. The molecule has 1 aliphatic heterocycles. The monoisotopic (exact) mass is 412 g/mol. The lowest BCUT2D eigenvalue weighted by molar-refractivity contribution is -0.384. The van der Waals surface area contributed by atoms with Crippen LogP contribution in [0.4, 0.5) is 11.4 Å². The summed E-state index contributed by atoms with van der Waals surface area (Å²) in [5.41, 5.74) is 2.90. The van der Waals surface area contributed by atoms with Crippen LogP contribution in [0, 0.1) is 10.1 Å². The third-order valence-corrected chi connectivity index (χ3v) is 4.83. The van der Waals surface area contributed by atoms with E-state index in [4.69, 9.17) is 0 Å². The average molecular weight is 412 g/mol. The third kappa shape index (κ3) is 3.97. The van der Waals surface area contributed by atoms with E-state index in [0.29, 0.717) is 22.5 Å². The number of hydrogen-bond donors (Lipinski definition) is 1. The van der Waals surface area contributed by atoms with Crippen molar-refractivity contribution < 1.29 is 19.6 Å². The van der Waals surface area contributed by atoms with Crippen LogP contribution in [0.2, 0.25) is 0 Å². The number of non-ortho nitro benzene ring substituents is 1. The number of carboxylic acid groups (broad SMARTS) is 1. The molecular weight excluding hydrogens is 396 g/mol. The van der Waals surface area contributed by atoms with Crippen LogP contribution in [0.1, 0.15) is 21.5 Å². The van der Waals surface area contributed by atoms with Gasteiger partial charge in [-0.3, -0.25) is 19.8 Å². The number of hydrogen-bond acceptors (Lipinski definition) is 4. The third-order valence-electron chi connectivity index (χ3n) is 4.83. The first-order valence-electron chi connectivity index (χ1n) is 9.35. The molecule has 1 N–H and O–H groups in total. The quantitative estimate of drug-likeness (QED) is 0.370. The van der Waals surface area contributed by atoms with E-state index in [1.54, 1.807) is 36.4 Å². The van der Waals surface area contributed by atoms with E-state index in [-0.39, 0.29) is 17.2 Å². The van der Waals surface area contributed by atoms with E-state index < -0.39 is 10.9 Å². The topological polar surface area (TPSA) is 101 Å². The first-order valence-corrected chi connectivity index (χ1v) is 9.35. The molecule has 0 bridgehead atoms. The maximum atomic E-state index is 13.3. The van der Waals surface area contributed by atoms with Gasteiger partial charge in [-0.2, -0.15) is 0 Å². The van der Waals surface area contributed by atoms with E-state index in [1.165, 1.54) is 29.2 Å². The first-order chi connectivity index (χ1) is 14.9. The largest absolute Gasteiger partial charge is 0.478 e. The van der Waals surface area contributed by atoms with Crippen LogP contribution in [-0.2, 0) is 4.79 Å². The van der Waals surface area contributed by atoms with E-state index in [9.17, 15) is 24.8 Å². The highest BCUT2D eigenvalue weighted by Crippen LogP contribution is 2.35. The molecule has 7 heteroatoms. The Labute approximate surface area is 177 Å². The molecule has 0 unspecified atom stereocenters. The molecule has 0 atom stereocenters. The minimum absolute atomic E-state index is 0.0347. The standard InChI is InChI=1S/C24H16N2O5/c27-23-19(13-16-9-11-20(12-10-16)26(30)31)15-22(17-5-2-1-3-6-17)25(23)21-8-4-7-18(14-21)24(28)29/h1-15H,(H,28,29). The van der Waals surface area contributed by atoms with Crippen LogP contribution in [0.5, 0.6) is 0 Å². The fraction of sp³-hybridized carbons (Fsp3) is 0. The maximum Gasteiger partial charge on any atom is 0.335 e. The van der Waals surface area contributed by atoms with Crippen molar-refractivity contribution in [2.24, 2.45) is 0 Å². The van der Waals surface area contributed by atoms with Gasteiger partial charge >= 0.3 is 5.97 Å². The minimum Gasteiger partial charge on any atom is -0.478 e. The van der Waals surface area contributed by atoms with E-state index in [0.717, 1.165) is 5.56 Å². The summed E-state index contributed by atoms with van der Waals surface area (Å²) in [6, 6.07) is 21.4. The number of carbonyl (C=O) groups is 2. The van der Waals surface area contributed by atoms with Crippen LogP contribution in [-0.4, -0.2) is 21.9 Å². The molecule has 7 nitrogen and oxygen atoms in total. The second kappa shape index (κ2) is 8.08. The number of benzene rings is 3. The highest BCUT2D eigenvalue weighted by Gasteiger charge is 2.30. The Kier molecular flexibility index (Phi) is 5.15. The number of carbonyl (C=O) groups excluding carboxylic acids is 1. The molecule has 4 rings (SSSR count).